The van der Waals surface area contributed by atoms with E-state index in [0.717, 1.165) is 25.2 Å². The van der Waals surface area contributed by atoms with Crippen LogP contribution in [0.25, 0.3) is 0 Å². The van der Waals surface area contributed by atoms with Crippen molar-refractivity contribution in [3.8, 4) is 0 Å². The smallest absolute Gasteiger partial charge is 0.410 e. The standard InChI is InChI=1S/C12H20N2O2/c1-12(2,3)16-11(15)14-6-8-4-10(13)5-9(8)7-14/h4,8-9H,5-7,13H2,1-3H3. The van der Waals surface area contributed by atoms with Gasteiger partial charge in [-0.05, 0) is 33.1 Å². The lowest BCUT2D eigenvalue weighted by atomic mass is 10.0. The molecular weight excluding hydrogens is 204 g/mol. The summed E-state index contributed by atoms with van der Waals surface area (Å²) in [5.74, 6) is 0.944. The molecule has 16 heavy (non-hydrogen) atoms. The Morgan fingerprint density at radius 3 is 2.75 bits per heavy atom. The van der Waals surface area contributed by atoms with Gasteiger partial charge in [-0.1, -0.05) is 6.08 Å². The van der Waals surface area contributed by atoms with Crippen molar-refractivity contribution in [3.63, 3.8) is 0 Å². The lowest BCUT2D eigenvalue weighted by molar-refractivity contribution is 0.0285. The first-order valence-corrected chi connectivity index (χ1v) is 5.79. The van der Waals surface area contributed by atoms with Crippen LogP contribution in [0.5, 0.6) is 0 Å². The molecule has 2 unspecified atom stereocenters. The summed E-state index contributed by atoms with van der Waals surface area (Å²) in [5.41, 5.74) is 6.33. The maximum Gasteiger partial charge on any atom is 0.410 e. The van der Waals surface area contributed by atoms with Crippen LogP contribution in [-0.4, -0.2) is 29.7 Å². The number of carbonyl (C=O) groups is 1. The van der Waals surface area contributed by atoms with E-state index < -0.39 is 5.60 Å². The van der Waals surface area contributed by atoms with E-state index in [1.807, 2.05) is 20.8 Å². The maximum atomic E-state index is 11.8. The lowest BCUT2D eigenvalue weighted by Gasteiger charge is -2.24. The third kappa shape index (κ3) is 2.31. The molecule has 2 aliphatic rings. The van der Waals surface area contributed by atoms with Crippen LogP contribution in [-0.2, 0) is 4.74 Å². The van der Waals surface area contributed by atoms with Crippen molar-refractivity contribution in [2.75, 3.05) is 13.1 Å². The zero-order valence-electron chi connectivity index (χ0n) is 10.2. The molecular formula is C12H20N2O2. The normalized spacial score (nSPS) is 28.9. The van der Waals surface area contributed by atoms with Gasteiger partial charge in [-0.2, -0.15) is 0 Å². The molecule has 0 saturated carbocycles. The topological polar surface area (TPSA) is 55.6 Å². The number of allylic oxidation sites excluding steroid dienone is 1. The van der Waals surface area contributed by atoms with Gasteiger partial charge in [0.1, 0.15) is 5.60 Å². The molecule has 0 radical (unpaired) electrons. The highest BCUT2D eigenvalue weighted by molar-refractivity contribution is 5.68. The van der Waals surface area contributed by atoms with Gasteiger partial charge in [-0.25, -0.2) is 4.79 Å². The SMILES string of the molecule is CC(C)(C)OC(=O)N1CC2C=C(N)CC2C1. The number of fused-ring (bicyclic) bond motifs is 1. The Morgan fingerprint density at radius 2 is 2.19 bits per heavy atom. The number of nitrogens with two attached hydrogens (primary N) is 1. The van der Waals surface area contributed by atoms with Gasteiger partial charge >= 0.3 is 6.09 Å². The number of hydrogen-bond acceptors (Lipinski definition) is 3. The summed E-state index contributed by atoms with van der Waals surface area (Å²) < 4.78 is 5.35. The third-order valence-electron chi connectivity index (χ3n) is 3.07. The number of hydrogen-bond donors (Lipinski definition) is 1. The van der Waals surface area contributed by atoms with Gasteiger partial charge in [0.2, 0.25) is 0 Å². The van der Waals surface area contributed by atoms with Gasteiger partial charge in [-0.3, -0.25) is 0 Å². The molecule has 2 atom stereocenters. The minimum Gasteiger partial charge on any atom is -0.444 e. The molecule has 1 fully saturated rings. The molecule has 4 heteroatoms. The second-order valence-corrected chi connectivity index (χ2v) is 5.75. The van der Waals surface area contributed by atoms with E-state index in [2.05, 4.69) is 6.08 Å². The van der Waals surface area contributed by atoms with Crippen LogP contribution in [0.15, 0.2) is 11.8 Å². The molecule has 0 bridgehead atoms. The summed E-state index contributed by atoms with van der Waals surface area (Å²) in [7, 11) is 0. The molecule has 1 saturated heterocycles. The zero-order valence-corrected chi connectivity index (χ0v) is 10.2. The molecule has 1 amide bonds. The van der Waals surface area contributed by atoms with Crippen LogP contribution in [0.1, 0.15) is 27.2 Å². The molecule has 2 N–H and O–H groups in total. The molecule has 1 heterocycles. The monoisotopic (exact) mass is 224 g/mol. The fraction of sp³-hybridized carbons (Fsp3) is 0.750. The van der Waals surface area contributed by atoms with Crippen LogP contribution < -0.4 is 5.73 Å². The van der Waals surface area contributed by atoms with Gasteiger partial charge < -0.3 is 15.4 Å². The Kier molecular flexibility index (Phi) is 2.60. The van der Waals surface area contributed by atoms with Crippen molar-refractivity contribution < 1.29 is 9.53 Å². The van der Waals surface area contributed by atoms with Gasteiger partial charge in [0.15, 0.2) is 0 Å². The Morgan fingerprint density at radius 1 is 1.50 bits per heavy atom. The Bertz CT molecular complexity index is 330. The van der Waals surface area contributed by atoms with E-state index in [9.17, 15) is 4.79 Å². The third-order valence-corrected chi connectivity index (χ3v) is 3.07. The summed E-state index contributed by atoms with van der Waals surface area (Å²) in [6, 6.07) is 0. The fourth-order valence-corrected chi connectivity index (χ4v) is 2.42. The largest absolute Gasteiger partial charge is 0.444 e. The number of nitrogens with zero attached hydrogens (tertiary/aromatic N) is 1. The van der Waals surface area contributed by atoms with E-state index >= 15 is 0 Å². The van der Waals surface area contributed by atoms with Crippen LogP contribution in [0, 0.1) is 11.8 Å². The van der Waals surface area contributed by atoms with E-state index in [1.165, 1.54) is 0 Å². The van der Waals surface area contributed by atoms with Crippen LogP contribution in [0.4, 0.5) is 4.79 Å². The Labute approximate surface area is 96.4 Å². The molecule has 0 aromatic rings. The fourth-order valence-electron chi connectivity index (χ4n) is 2.42. The quantitative estimate of drug-likeness (QED) is 0.681. The molecule has 1 aliphatic heterocycles. The highest BCUT2D eigenvalue weighted by atomic mass is 16.6. The summed E-state index contributed by atoms with van der Waals surface area (Å²) in [6.45, 7) is 7.19. The first-order chi connectivity index (χ1) is 7.35. The number of likely N-dealkylation sites (tertiary alicyclic amines) is 1. The van der Waals surface area contributed by atoms with Gasteiger partial charge in [-0.15, -0.1) is 0 Å². The minimum absolute atomic E-state index is 0.200. The van der Waals surface area contributed by atoms with Crippen molar-refractivity contribution in [3.05, 3.63) is 11.8 Å². The number of ether oxygens (including phenoxy) is 1. The summed E-state index contributed by atoms with van der Waals surface area (Å²) in [6.07, 6.45) is 2.81. The average molecular weight is 224 g/mol. The van der Waals surface area contributed by atoms with Crippen molar-refractivity contribution in [2.24, 2.45) is 17.6 Å². The molecule has 4 nitrogen and oxygen atoms in total. The zero-order chi connectivity index (χ0) is 11.9. The first-order valence-electron chi connectivity index (χ1n) is 5.79. The highest BCUT2D eigenvalue weighted by Gasteiger charge is 2.38. The van der Waals surface area contributed by atoms with Gasteiger partial charge in [0.25, 0.3) is 0 Å². The van der Waals surface area contributed by atoms with Gasteiger partial charge in [0, 0.05) is 24.7 Å². The van der Waals surface area contributed by atoms with Crippen molar-refractivity contribution in [2.45, 2.75) is 32.8 Å². The Hall–Kier alpha value is -1.19. The summed E-state index contributed by atoms with van der Waals surface area (Å²) in [5, 5.41) is 0. The van der Waals surface area contributed by atoms with Crippen molar-refractivity contribution in [1.82, 2.24) is 4.90 Å². The van der Waals surface area contributed by atoms with E-state index in [1.54, 1.807) is 4.90 Å². The minimum atomic E-state index is -0.413. The number of rotatable bonds is 0. The summed E-state index contributed by atoms with van der Waals surface area (Å²) >= 11 is 0. The molecule has 0 aromatic carbocycles. The van der Waals surface area contributed by atoms with Crippen LogP contribution >= 0.6 is 0 Å². The maximum absolute atomic E-state index is 11.8. The second-order valence-electron chi connectivity index (χ2n) is 5.75. The average Bonchev–Trinajstić information content (AvgIpc) is 2.56. The molecule has 2 rings (SSSR count). The number of carbonyl (C=O) groups excluding carboxylic acids is 1. The van der Waals surface area contributed by atoms with Gasteiger partial charge in [0.05, 0.1) is 0 Å². The highest BCUT2D eigenvalue weighted by Crippen LogP contribution is 2.35. The Balaban J connectivity index is 1.93. The summed E-state index contributed by atoms with van der Waals surface area (Å²) in [4.78, 5) is 13.6. The van der Waals surface area contributed by atoms with Crippen molar-refractivity contribution >= 4 is 6.09 Å². The predicted molar refractivity (Wildman–Crippen MR) is 61.7 cm³/mol. The first kappa shape index (κ1) is 11.3. The lowest BCUT2D eigenvalue weighted by Crippen LogP contribution is -2.35. The molecule has 1 aliphatic carbocycles. The van der Waals surface area contributed by atoms with E-state index in [-0.39, 0.29) is 6.09 Å². The molecule has 0 spiro atoms. The van der Waals surface area contributed by atoms with E-state index in [0.29, 0.717) is 11.8 Å². The van der Waals surface area contributed by atoms with Crippen LogP contribution in [0.2, 0.25) is 0 Å². The van der Waals surface area contributed by atoms with Crippen molar-refractivity contribution in [1.29, 1.82) is 0 Å². The predicted octanol–water partition coefficient (Wildman–Crippen LogP) is 1.72. The molecule has 0 aromatic heterocycles. The van der Waals surface area contributed by atoms with Crippen LogP contribution in [0.3, 0.4) is 0 Å². The second kappa shape index (κ2) is 3.68. The number of amides is 1. The molecule has 90 valence electrons. The van der Waals surface area contributed by atoms with E-state index in [4.69, 9.17) is 10.5 Å².